The number of aromatic nitrogens is 4. The van der Waals surface area contributed by atoms with Crippen LogP contribution in [0.1, 0.15) is 17.4 Å². The number of likely N-dealkylation sites (N-methyl/N-ethyl adjacent to an activating group) is 1. The SMILES string of the molecule is Cc1ccn2cc(-c3nc(C4CNCCN4C)no3)nc2c1. The highest BCUT2D eigenvalue weighted by Crippen LogP contribution is 2.22. The minimum absolute atomic E-state index is 0.144. The monoisotopic (exact) mass is 298 g/mol. The number of nitrogens with zero attached hydrogens (tertiary/aromatic N) is 5. The van der Waals surface area contributed by atoms with Gasteiger partial charge in [0.1, 0.15) is 11.3 Å². The molecule has 3 aromatic heterocycles. The van der Waals surface area contributed by atoms with Crippen LogP contribution in [0, 0.1) is 6.92 Å². The number of nitrogens with one attached hydrogen (secondary N) is 1. The largest absolute Gasteiger partial charge is 0.332 e. The van der Waals surface area contributed by atoms with E-state index in [2.05, 4.69) is 32.4 Å². The zero-order chi connectivity index (χ0) is 15.1. The molecule has 7 heteroatoms. The second kappa shape index (κ2) is 5.19. The smallest absolute Gasteiger partial charge is 0.278 e. The highest BCUT2D eigenvalue weighted by molar-refractivity contribution is 5.54. The number of hydrogen-bond acceptors (Lipinski definition) is 6. The van der Waals surface area contributed by atoms with Gasteiger partial charge >= 0.3 is 0 Å². The molecule has 0 aliphatic carbocycles. The van der Waals surface area contributed by atoms with Crippen molar-refractivity contribution in [1.82, 2.24) is 29.7 Å². The molecule has 1 aliphatic heterocycles. The van der Waals surface area contributed by atoms with Gasteiger partial charge in [-0.3, -0.25) is 4.90 Å². The number of rotatable bonds is 2. The Morgan fingerprint density at radius 2 is 2.27 bits per heavy atom. The number of pyridine rings is 1. The molecule has 1 fully saturated rings. The van der Waals surface area contributed by atoms with Crippen molar-refractivity contribution in [3.8, 4) is 11.6 Å². The first-order chi connectivity index (χ1) is 10.7. The number of aryl methyl sites for hydroxylation is 1. The van der Waals surface area contributed by atoms with E-state index in [1.165, 1.54) is 5.56 Å². The lowest BCUT2D eigenvalue weighted by molar-refractivity contribution is 0.190. The first-order valence-electron chi connectivity index (χ1n) is 7.41. The zero-order valence-electron chi connectivity index (χ0n) is 12.7. The molecule has 0 radical (unpaired) electrons. The van der Waals surface area contributed by atoms with Crippen molar-refractivity contribution in [3.63, 3.8) is 0 Å². The van der Waals surface area contributed by atoms with Gasteiger partial charge in [0.25, 0.3) is 5.89 Å². The summed E-state index contributed by atoms with van der Waals surface area (Å²) in [6.45, 7) is 4.84. The van der Waals surface area contributed by atoms with Crippen LogP contribution in [0.3, 0.4) is 0 Å². The van der Waals surface area contributed by atoms with Gasteiger partial charge in [0.15, 0.2) is 5.82 Å². The van der Waals surface area contributed by atoms with Gasteiger partial charge in [-0.05, 0) is 31.7 Å². The maximum absolute atomic E-state index is 5.42. The predicted octanol–water partition coefficient (Wildman–Crippen LogP) is 1.27. The van der Waals surface area contributed by atoms with E-state index in [1.54, 1.807) is 0 Å². The lowest BCUT2D eigenvalue weighted by Crippen LogP contribution is -2.44. The van der Waals surface area contributed by atoms with Crippen LogP contribution < -0.4 is 5.32 Å². The van der Waals surface area contributed by atoms with E-state index in [4.69, 9.17) is 4.52 Å². The quantitative estimate of drug-likeness (QED) is 0.768. The third kappa shape index (κ3) is 2.28. The van der Waals surface area contributed by atoms with Crippen molar-refractivity contribution in [3.05, 3.63) is 35.9 Å². The molecule has 3 aromatic rings. The van der Waals surface area contributed by atoms with Gasteiger partial charge in [-0.15, -0.1) is 0 Å². The maximum atomic E-state index is 5.42. The van der Waals surface area contributed by atoms with Crippen LogP contribution in [-0.4, -0.2) is 51.1 Å². The molecule has 4 rings (SSSR count). The molecule has 1 aliphatic rings. The first kappa shape index (κ1) is 13.4. The molecule has 0 spiro atoms. The van der Waals surface area contributed by atoms with Crippen molar-refractivity contribution in [2.45, 2.75) is 13.0 Å². The van der Waals surface area contributed by atoms with Crippen LogP contribution >= 0.6 is 0 Å². The van der Waals surface area contributed by atoms with Crippen molar-refractivity contribution in [1.29, 1.82) is 0 Å². The van der Waals surface area contributed by atoms with Crippen molar-refractivity contribution >= 4 is 5.65 Å². The van der Waals surface area contributed by atoms with Crippen LogP contribution in [0.4, 0.5) is 0 Å². The van der Waals surface area contributed by atoms with E-state index in [9.17, 15) is 0 Å². The third-order valence-corrected chi connectivity index (χ3v) is 4.09. The summed E-state index contributed by atoms with van der Waals surface area (Å²) >= 11 is 0. The number of hydrogen-bond donors (Lipinski definition) is 1. The van der Waals surface area contributed by atoms with Gasteiger partial charge in [-0.1, -0.05) is 5.16 Å². The first-order valence-corrected chi connectivity index (χ1v) is 7.41. The van der Waals surface area contributed by atoms with Crippen LogP contribution in [0.2, 0.25) is 0 Å². The Kier molecular flexibility index (Phi) is 3.16. The fraction of sp³-hybridized carbons (Fsp3) is 0.400. The van der Waals surface area contributed by atoms with Gasteiger partial charge < -0.3 is 14.2 Å². The van der Waals surface area contributed by atoms with Gasteiger partial charge in [0.05, 0.1) is 6.04 Å². The molecule has 0 saturated carbocycles. The predicted molar refractivity (Wildman–Crippen MR) is 81.5 cm³/mol. The summed E-state index contributed by atoms with van der Waals surface area (Å²) in [7, 11) is 2.08. The minimum atomic E-state index is 0.144. The topological polar surface area (TPSA) is 71.5 Å². The van der Waals surface area contributed by atoms with E-state index >= 15 is 0 Å². The van der Waals surface area contributed by atoms with Gasteiger partial charge in [0.2, 0.25) is 0 Å². The van der Waals surface area contributed by atoms with Crippen molar-refractivity contribution in [2.75, 3.05) is 26.7 Å². The molecule has 114 valence electrons. The Morgan fingerprint density at radius 1 is 1.36 bits per heavy atom. The Morgan fingerprint density at radius 3 is 3.14 bits per heavy atom. The molecular formula is C15H18N6O. The van der Waals surface area contributed by atoms with Gasteiger partial charge in [-0.25, -0.2) is 4.98 Å². The summed E-state index contributed by atoms with van der Waals surface area (Å²) in [4.78, 5) is 11.3. The summed E-state index contributed by atoms with van der Waals surface area (Å²) in [6, 6.07) is 4.21. The van der Waals surface area contributed by atoms with Crippen LogP contribution in [0.25, 0.3) is 17.2 Å². The Labute approximate surface area is 128 Å². The highest BCUT2D eigenvalue weighted by Gasteiger charge is 2.26. The second-order valence-electron chi connectivity index (χ2n) is 5.75. The molecule has 0 bridgehead atoms. The van der Waals surface area contributed by atoms with E-state index in [0.29, 0.717) is 17.4 Å². The summed E-state index contributed by atoms with van der Waals surface area (Å²) in [5, 5.41) is 7.49. The molecule has 22 heavy (non-hydrogen) atoms. The summed E-state index contributed by atoms with van der Waals surface area (Å²) < 4.78 is 7.38. The second-order valence-corrected chi connectivity index (χ2v) is 5.75. The Bertz CT molecular complexity index is 807. The molecule has 1 N–H and O–H groups in total. The average molecular weight is 298 g/mol. The molecule has 0 amide bonds. The summed E-state index contributed by atoms with van der Waals surface area (Å²) in [5.41, 5.74) is 2.76. The lowest BCUT2D eigenvalue weighted by atomic mass is 10.2. The normalized spacial score (nSPS) is 19.8. The highest BCUT2D eigenvalue weighted by atomic mass is 16.5. The molecule has 4 heterocycles. The maximum Gasteiger partial charge on any atom is 0.278 e. The molecule has 1 unspecified atom stereocenters. The van der Waals surface area contributed by atoms with Crippen molar-refractivity contribution in [2.24, 2.45) is 0 Å². The molecule has 1 atom stereocenters. The summed E-state index contributed by atoms with van der Waals surface area (Å²) in [5.74, 6) is 1.17. The summed E-state index contributed by atoms with van der Waals surface area (Å²) in [6.07, 6.45) is 3.90. The van der Waals surface area contributed by atoms with Crippen LogP contribution in [-0.2, 0) is 0 Å². The van der Waals surface area contributed by atoms with E-state index in [1.807, 2.05) is 35.9 Å². The fourth-order valence-corrected chi connectivity index (χ4v) is 2.76. The number of fused-ring (bicyclic) bond motifs is 1. The lowest BCUT2D eigenvalue weighted by Gasteiger charge is -2.30. The van der Waals surface area contributed by atoms with E-state index < -0.39 is 0 Å². The molecule has 1 saturated heterocycles. The molecular weight excluding hydrogens is 280 g/mol. The van der Waals surface area contributed by atoms with E-state index in [-0.39, 0.29) is 6.04 Å². The standard InChI is InChI=1S/C15H18N6O/c1-10-3-5-21-9-11(17-13(21)7-10)15-18-14(19-22-15)12-8-16-4-6-20(12)2/h3,5,7,9,12,16H,4,6,8H2,1-2H3. The average Bonchev–Trinajstić information content (AvgIpc) is 3.13. The number of piperazine rings is 1. The third-order valence-electron chi connectivity index (χ3n) is 4.09. The molecule has 0 aromatic carbocycles. The zero-order valence-corrected chi connectivity index (χ0v) is 12.7. The molecule has 7 nitrogen and oxygen atoms in total. The minimum Gasteiger partial charge on any atom is -0.332 e. The van der Waals surface area contributed by atoms with E-state index in [0.717, 1.165) is 25.3 Å². The van der Waals surface area contributed by atoms with Crippen LogP contribution in [0.15, 0.2) is 29.0 Å². The van der Waals surface area contributed by atoms with Gasteiger partial charge in [-0.2, -0.15) is 4.98 Å². The Balaban J connectivity index is 1.67. The fourth-order valence-electron chi connectivity index (χ4n) is 2.76. The van der Waals surface area contributed by atoms with Crippen LogP contribution in [0.5, 0.6) is 0 Å². The van der Waals surface area contributed by atoms with Crippen molar-refractivity contribution < 1.29 is 4.52 Å². The Hall–Kier alpha value is -2.25. The number of imidazole rings is 1. The van der Waals surface area contributed by atoms with Gasteiger partial charge in [0, 0.05) is 32.0 Å².